The first-order valence-electron chi connectivity index (χ1n) is 8.17. The molecule has 4 aromatic rings. The molecule has 0 amide bonds. The molecule has 158 valence electrons. The summed E-state index contributed by atoms with van der Waals surface area (Å²) in [6, 6.07) is 8.50. The SMILES string of the molecule is Cn1c(=NN=c2sc3cc(S(=O)(=O)O)ccc3n2C)sc2cc(S(=O)(=O)O)ccc21. The molecule has 0 saturated carbocycles. The number of nitrogens with zero attached hydrogens (tertiary/aromatic N) is 4. The number of fused-ring (bicyclic) bond motifs is 2. The van der Waals surface area contributed by atoms with Crippen molar-refractivity contribution in [3.05, 3.63) is 46.0 Å². The van der Waals surface area contributed by atoms with Crippen molar-refractivity contribution >= 4 is 63.3 Å². The smallest absolute Gasteiger partial charge is 0.294 e. The van der Waals surface area contributed by atoms with E-state index in [4.69, 9.17) is 0 Å². The molecule has 0 aliphatic carbocycles. The summed E-state index contributed by atoms with van der Waals surface area (Å²) in [5.41, 5.74) is 1.44. The Hall–Kier alpha value is -2.36. The van der Waals surface area contributed by atoms with E-state index in [1.165, 1.54) is 46.9 Å². The molecule has 0 atom stereocenters. The highest BCUT2D eigenvalue weighted by Crippen LogP contribution is 2.22. The molecule has 30 heavy (non-hydrogen) atoms. The van der Waals surface area contributed by atoms with Crippen LogP contribution in [0.1, 0.15) is 0 Å². The summed E-state index contributed by atoms with van der Waals surface area (Å²) < 4.78 is 68.5. The summed E-state index contributed by atoms with van der Waals surface area (Å²) in [6.07, 6.45) is 0. The number of aryl methyl sites for hydroxylation is 2. The first kappa shape index (κ1) is 20.9. The normalized spacial score (nSPS) is 14.3. The zero-order chi connectivity index (χ0) is 21.8. The molecular formula is C16H14N4O6S4. The minimum Gasteiger partial charge on any atom is -0.318 e. The van der Waals surface area contributed by atoms with Gasteiger partial charge in [-0.1, -0.05) is 22.7 Å². The number of hydrogen-bond acceptors (Lipinski definition) is 8. The predicted molar refractivity (Wildman–Crippen MR) is 112 cm³/mol. The minimum absolute atomic E-state index is 0.203. The Kier molecular flexibility index (Phi) is 4.95. The van der Waals surface area contributed by atoms with Crippen molar-refractivity contribution in [1.82, 2.24) is 9.13 Å². The Morgan fingerprint density at radius 2 is 1.10 bits per heavy atom. The molecule has 2 aromatic carbocycles. The van der Waals surface area contributed by atoms with Crippen molar-refractivity contribution in [2.45, 2.75) is 9.79 Å². The van der Waals surface area contributed by atoms with Crippen LogP contribution in [-0.4, -0.2) is 35.1 Å². The van der Waals surface area contributed by atoms with Crippen LogP contribution in [-0.2, 0) is 34.3 Å². The Morgan fingerprint density at radius 1 is 0.733 bits per heavy atom. The number of hydrogen-bond donors (Lipinski definition) is 2. The lowest BCUT2D eigenvalue weighted by atomic mass is 10.3. The van der Waals surface area contributed by atoms with Crippen molar-refractivity contribution < 1.29 is 25.9 Å². The molecule has 0 spiro atoms. The van der Waals surface area contributed by atoms with Gasteiger partial charge in [-0.25, -0.2) is 0 Å². The van der Waals surface area contributed by atoms with E-state index in [0.717, 1.165) is 11.0 Å². The maximum Gasteiger partial charge on any atom is 0.294 e. The van der Waals surface area contributed by atoms with Crippen molar-refractivity contribution in [2.75, 3.05) is 0 Å². The summed E-state index contributed by atoms with van der Waals surface area (Å²) in [5, 5.41) is 8.50. The predicted octanol–water partition coefficient (Wildman–Crippen LogP) is 1.70. The van der Waals surface area contributed by atoms with E-state index in [1.54, 1.807) is 35.4 Å². The summed E-state index contributed by atoms with van der Waals surface area (Å²) in [4.78, 5) is 0.582. The molecule has 2 heterocycles. The Bertz CT molecular complexity index is 1540. The molecule has 14 heteroatoms. The molecule has 0 saturated heterocycles. The maximum absolute atomic E-state index is 11.3. The molecule has 2 N–H and O–H groups in total. The van der Waals surface area contributed by atoms with Gasteiger partial charge in [0.05, 0.1) is 30.2 Å². The Labute approximate surface area is 178 Å². The average Bonchev–Trinajstić information content (AvgIpc) is 3.15. The van der Waals surface area contributed by atoms with Crippen molar-refractivity contribution in [1.29, 1.82) is 0 Å². The van der Waals surface area contributed by atoms with Gasteiger partial charge in [0, 0.05) is 14.1 Å². The third-order valence-electron chi connectivity index (χ3n) is 4.38. The van der Waals surface area contributed by atoms with Crippen molar-refractivity contribution in [3.8, 4) is 0 Å². The number of benzene rings is 2. The standard InChI is InChI=1S/C16H14N4O6S4/c1-19-11-5-3-9(29(21,22)23)7-13(11)27-15(19)17-18-16-20(2)12-6-4-10(30(24,25)26)8-14(12)28-16/h3-8H,1-2H3,(H,21,22,23)(H,24,25,26). The lowest BCUT2D eigenvalue weighted by molar-refractivity contribution is 0.481. The van der Waals surface area contributed by atoms with Crippen LogP contribution in [0.2, 0.25) is 0 Å². The number of aromatic nitrogens is 2. The van der Waals surface area contributed by atoms with Gasteiger partial charge in [-0.3, -0.25) is 9.11 Å². The van der Waals surface area contributed by atoms with Gasteiger partial charge in [-0.05, 0) is 36.4 Å². The molecule has 10 nitrogen and oxygen atoms in total. The molecule has 0 aliphatic rings. The van der Waals surface area contributed by atoms with E-state index in [2.05, 4.69) is 10.2 Å². The third-order valence-corrected chi connectivity index (χ3v) is 8.25. The summed E-state index contributed by atoms with van der Waals surface area (Å²) >= 11 is 2.40. The van der Waals surface area contributed by atoms with E-state index in [1.807, 2.05) is 0 Å². The monoisotopic (exact) mass is 486 g/mol. The zero-order valence-electron chi connectivity index (χ0n) is 15.4. The fraction of sp³-hybridized carbons (Fsp3) is 0.125. The second-order valence-corrected chi connectivity index (χ2v) is 11.2. The first-order chi connectivity index (χ1) is 13.9. The van der Waals surface area contributed by atoms with Gasteiger partial charge in [0.15, 0.2) is 0 Å². The highest BCUT2D eigenvalue weighted by Gasteiger charge is 2.13. The van der Waals surface area contributed by atoms with Crippen LogP contribution < -0.4 is 9.60 Å². The van der Waals surface area contributed by atoms with Gasteiger partial charge in [-0.15, -0.1) is 10.2 Å². The molecular weight excluding hydrogens is 472 g/mol. The second kappa shape index (κ2) is 7.11. The van der Waals surface area contributed by atoms with E-state index in [-0.39, 0.29) is 9.79 Å². The quantitative estimate of drug-likeness (QED) is 0.333. The molecule has 2 aromatic heterocycles. The van der Waals surface area contributed by atoms with Gasteiger partial charge >= 0.3 is 0 Å². The topological polar surface area (TPSA) is 143 Å². The number of thiazole rings is 2. The van der Waals surface area contributed by atoms with Crippen LogP contribution in [0, 0.1) is 0 Å². The van der Waals surface area contributed by atoms with Gasteiger partial charge in [0.1, 0.15) is 0 Å². The number of rotatable bonds is 3. The second-order valence-electron chi connectivity index (χ2n) is 6.30. The molecule has 0 unspecified atom stereocenters. The van der Waals surface area contributed by atoms with Crippen molar-refractivity contribution in [3.63, 3.8) is 0 Å². The third kappa shape index (κ3) is 3.73. The fourth-order valence-corrected chi connectivity index (χ4v) is 6.01. The lowest BCUT2D eigenvalue weighted by Gasteiger charge is -1.98. The Morgan fingerprint density at radius 3 is 1.43 bits per heavy atom. The highest BCUT2D eigenvalue weighted by molar-refractivity contribution is 7.86. The summed E-state index contributed by atoms with van der Waals surface area (Å²) in [7, 11) is -5.11. The van der Waals surface area contributed by atoms with E-state index < -0.39 is 20.2 Å². The summed E-state index contributed by atoms with van der Waals surface area (Å²) in [6.45, 7) is 0. The maximum atomic E-state index is 11.3. The van der Waals surface area contributed by atoms with Crippen LogP contribution in [0.15, 0.2) is 56.4 Å². The highest BCUT2D eigenvalue weighted by atomic mass is 32.2. The van der Waals surface area contributed by atoms with E-state index >= 15 is 0 Å². The van der Waals surface area contributed by atoms with Crippen LogP contribution in [0.4, 0.5) is 0 Å². The van der Waals surface area contributed by atoms with E-state index in [9.17, 15) is 25.9 Å². The Balaban J connectivity index is 1.88. The molecule has 0 radical (unpaired) electrons. The van der Waals surface area contributed by atoms with Crippen molar-refractivity contribution in [2.24, 2.45) is 24.3 Å². The fourth-order valence-electron chi connectivity index (χ4n) is 2.83. The molecule has 4 rings (SSSR count). The van der Waals surface area contributed by atoms with Crippen LogP contribution in [0.5, 0.6) is 0 Å². The van der Waals surface area contributed by atoms with Crippen LogP contribution in [0.25, 0.3) is 20.4 Å². The summed E-state index contributed by atoms with van der Waals surface area (Å²) in [5.74, 6) is 0. The van der Waals surface area contributed by atoms with Gasteiger partial charge < -0.3 is 9.13 Å². The van der Waals surface area contributed by atoms with E-state index in [0.29, 0.717) is 19.0 Å². The van der Waals surface area contributed by atoms with Crippen LogP contribution >= 0.6 is 22.7 Å². The molecule has 0 bridgehead atoms. The zero-order valence-corrected chi connectivity index (χ0v) is 18.7. The molecule has 0 aliphatic heterocycles. The van der Waals surface area contributed by atoms with Gasteiger partial charge in [0.2, 0.25) is 9.60 Å². The van der Waals surface area contributed by atoms with Gasteiger partial charge in [0.25, 0.3) is 20.2 Å². The minimum atomic E-state index is -4.31. The largest absolute Gasteiger partial charge is 0.318 e. The molecule has 0 fully saturated rings. The van der Waals surface area contributed by atoms with Crippen LogP contribution in [0.3, 0.4) is 0 Å². The first-order valence-corrected chi connectivity index (χ1v) is 12.7. The van der Waals surface area contributed by atoms with Gasteiger partial charge in [-0.2, -0.15) is 16.8 Å². The average molecular weight is 487 g/mol. The lowest BCUT2D eigenvalue weighted by Crippen LogP contribution is -2.13.